The average molecular weight is 192 g/mol. The van der Waals surface area contributed by atoms with Gasteiger partial charge in [-0.2, -0.15) is 0 Å². The highest BCUT2D eigenvalue weighted by molar-refractivity contribution is 6.18. The van der Waals surface area contributed by atoms with Crippen molar-refractivity contribution in [2.45, 2.75) is 6.92 Å². The number of allylic oxidation sites excluding steroid dienone is 1. The van der Waals surface area contributed by atoms with E-state index in [0.717, 1.165) is 26.2 Å². The minimum atomic E-state index is 0.599. The summed E-state index contributed by atoms with van der Waals surface area (Å²) in [6.07, 6.45) is 4.06. The second-order valence-electron chi connectivity index (χ2n) is 2.51. The van der Waals surface area contributed by atoms with E-state index in [1.165, 1.54) is 0 Å². The first-order valence-corrected chi connectivity index (χ1v) is 4.80. The van der Waals surface area contributed by atoms with Gasteiger partial charge in [-0.25, -0.2) is 0 Å². The summed E-state index contributed by atoms with van der Waals surface area (Å²) in [5, 5.41) is 0. The standard InChI is InChI=1S/C9H18ClNO/c1-3-11(8-9-12-2)7-5-4-6-10/h4-5H,3,6-9H2,1-2H3. The van der Waals surface area contributed by atoms with E-state index >= 15 is 0 Å². The smallest absolute Gasteiger partial charge is 0.0589 e. The van der Waals surface area contributed by atoms with Crippen LogP contribution in [0.3, 0.4) is 0 Å². The molecule has 0 fully saturated rings. The summed E-state index contributed by atoms with van der Waals surface area (Å²) < 4.78 is 4.99. The first kappa shape index (κ1) is 11.9. The first-order chi connectivity index (χ1) is 5.85. The Morgan fingerprint density at radius 1 is 1.42 bits per heavy atom. The van der Waals surface area contributed by atoms with Crippen LogP contribution in [0.4, 0.5) is 0 Å². The zero-order valence-electron chi connectivity index (χ0n) is 7.92. The number of nitrogens with zero attached hydrogens (tertiary/aromatic N) is 1. The SMILES string of the molecule is CCN(CC=CCCl)CCOC. The highest BCUT2D eigenvalue weighted by Gasteiger charge is 1.97. The molecule has 3 heteroatoms. The van der Waals surface area contributed by atoms with Gasteiger partial charge in [0.1, 0.15) is 0 Å². The van der Waals surface area contributed by atoms with Crippen molar-refractivity contribution in [2.24, 2.45) is 0 Å². The number of hydrogen-bond donors (Lipinski definition) is 0. The summed E-state index contributed by atoms with van der Waals surface area (Å²) in [5.74, 6) is 0.599. The molecule has 0 radical (unpaired) electrons. The van der Waals surface area contributed by atoms with Gasteiger partial charge in [-0.05, 0) is 6.54 Å². The minimum absolute atomic E-state index is 0.599. The molecule has 0 aliphatic heterocycles. The Morgan fingerprint density at radius 2 is 2.17 bits per heavy atom. The van der Waals surface area contributed by atoms with E-state index in [2.05, 4.69) is 17.9 Å². The van der Waals surface area contributed by atoms with Crippen molar-refractivity contribution in [3.05, 3.63) is 12.2 Å². The predicted molar refractivity (Wildman–Crippen MR) is 53.9 cm³/mol. The van der Waals surface area contributed by atoms with Gasteiger partial charge >= 0.3 is 0 Å². The van der Waals surface area contributed by atoms with Gasteiger partial charge in [0, 0.05) is 26.1 Å². The van der Waals surface area contributed by atoms with Crippen molar-refractivity contribution in [3.63, 3.8) is 0 Å². The van der Waals surface area contributed by atoms with Crippen LogP contribution in [0.15, 0.2) is 12.2 Å². The van der Waals surface area contributed by atoms with Crippen LogP contribution >= 0.6 is 11.6 Å². The third kappa shape index (κ3) is 6.65. The third-order valence-corrected chi connectivity index (χ3v) is 1.86. The molecule has 0 N–H and O–H groups in total. The summed E-state index contributed by atoms with van der Waals surface area (Å²) in [7, 11) is 1.72. The van der Waals surface area contributed by atoms with E-state index in [1.807, 2.05) is 6.08 Å². The molecule has 0 saturated carbocycles. The predicted octanol–water partition coefficient (Wildman–Crippen LogP) is 1.75. The van der Waals surface area contributed by atoms with Crippen LogP contribution < -0.4 is 0 Å². The molecule has 0 aliphatic rings. The lowest BCUT2D eigenvalue weighted by Gasteiger charge is -2.17. The summed E-state index contributed by atoms with van der Waals surface area (Å²) in [6.45, 7) is 5.94. The average Bonchev–Trinajstić information content (AvgIpc) is 2.11. The maximum atomic E-state index is 5.50. The largest absolute Gasteiger partial charge is 0.383 e. The highest BCUT2D eigenvalue weighted by Crippen LogP contribution is 1.89. The van der Waals surface area contributed by atoms with Crippen LogP contribution in [-0.4, -0.2) is 44.1 Å². The van der Waals surface area contributed by atoms with Gasteiger partial charge in [-0.3, -0.25) is 4.90 Å². The molecule has 0 heterocycles. The Morgan fingerprint density at radius 3 is 2.67 bits per heavy atom. The van der Waals surface area contributed by atoms with Gasteiger partial charge in [0.15, 0.2) is 0 Å². The van der Waals surface area contributed by atoms with Crippen molar-refractivity contribution in [3.8, 4) is 0 Å². The summed E-state index contributed by atoms with van der Waals surface area (Å²) in [6, 6.07) is 0. The molecule has 0 rings (SSSR count). The Kier molecular flexibility index (Phi) is 9.00. The monoisotopic (exact) mass is 191 g/mol. The maximum absolute atomic E-state index is 5.50. The number of halogens is 1. The molecular weight excluding hydrogens is 174 g/mol. The van der Waals surface area contributed by atoms with Crippen LogP contribution in [0, 0.1) is 0 Å². The van der Waals surface area contributed by atoms with E-state index in [0.29, 0.717) is 5.88 Å². The Balaban J connectivity index is 3.45. The Labute approximate surface area is 80.1 Å². The van der Waals surface area contributed by atoms with Crippen molar-refractivity contribution in [1.29, 1.82) is 0 Å². The van der Waals surface area contributed by atoms with E-state index in [4.69, 9.17) is 16.3 Å². The number of alkyl halides is 1. The Hall–Kier alpha value is -0.0500. The van der Waals surface area contributed by atoms with E-state index < -0.39 is 0 Å². The number of hydrogen-bond acceptors (Lipinski definition) is 2. The molecular formula is C9H18ClNO. The lowest BCUT2D eigenvalue weighted by atomic mass is 10.4. The summed E-state index contributed by atoms with van der Waals surface area (Å²) in [4.78, 5) is 2.30. The summed E-state index contributed by atoms with van der Waals surface area (Å²) in [5.41, 5.74) is 0. The molecule has 72 valence electrons. The first-order valence-electron chi connectivity index (χ1n) is 4.27. The number of ether oxygens (including phenoxy) is 1. The van der Waals surface area contributed by atoms with Gasteiger partial charge in [-0.15, -0.1) is 11.6 Å². The Bertz CT molecular complexity index is 117. The van der Waals surface area contributed by atoms with Crippen molar-refractivity contribution in [1.82, 2.24) is 4.90 Å². The summed E-state index contributed by atoms with van der Waals surface area (Å²) >= 11 is 5.50. The van der Waals surface area contributed by atoms with E-state index in [-0.39, 0.29) is 0 Å². The fraction of sp³-hybridized carbons (Fsp3) is 0.778. The van der Waals surface area contributed by atoms with Crippen molar-refractivity contribution >= 4 is 11.6 Å². The molecule has 0 aromatic rings. The van der Waals surface area contributed by atoms with E-state index in [1.54, 1.807) is 7.11 Å². The van der Waals surface area contributed by atoms with Gasteiger partial charge in [0.25, 0.3) is 0 Å². The van der Waals surface area contributed by atoms with Gasteiger partial charge in [-0.1, -0.05) is 19.1 Å². The fourth-order valence-electron chi connectivity index (χ4n) is 0.885. The van der Waals surface area contributed by atoms with Crippen LogP contribution in [0.2, 0.25) is 0 Å². The molecule has 0 aromatic carbocycles. The molecule has 0 bridgehead atoms. The molecule has 12 heavy (non-hydrogen) atoms. The van der Waals surface area contributed by atoms with Crippen LogP contribution in [-0.2, 0) is 4.74 Å². The molecule has 0 amide bonds. The topological polar surface area (TPSA) is 12.5 Å². The molecule has 2 nitrogen and oxygen atoms in total. The van der Waals surface area contributed by atoms with Crippen LogP contribution in [0.5, 0.6) is 0 Å². The molecule has 0 aromatic heterocycles. The molecule has 0 spiro atoms. The van der Waals surface area contributed by atoms with Gasteiger partial charge in [0.2, 0.25) is 0 Å². The van der Waals surface area contributed by atoms with Gasteiger partial charge in [0.05, 0.1) is 6.61 Å². The second-order valence-corrected chi connectivity index (χ2v) is 2.82. The lowest BCUT2D eigenvalue weighted by Crippen LogP contribution is -2.27. The zero-order chi connectivity index (χ0) is 9.23. The molecule has 0 saturated heterocycles. The van der Waals surface area contributed by atoms with Crippen molar-refractivity contribution < 1.29 is 4.74 Å². The number of rotatable bonds is 7. The molecule has 0 aliphatic carbocycles. The van der Waals surface area contributed by atoms with Gasteiger partial charge < -0.3 is 4.74 Å². The minimum Gasteiger partial charge on any atom is -0.383 e. The molecule has 0 unspecified atom stereocenters. The van der Waals surface area contributed by atoms with Crippen molar-refractivity contribution in [2.75, 3.05) is 39.2 Å². The van der Waals surface area contributed by atoms with E-state index in [9.17, 15) is 0 Å². The third-order valence-electron chi connectivity index (χ3n) is 1.68. The maximum Gasteiger partial charge on any atom is 0.0589 e. The normalized spacial score (nSPS) is 11.7. The fourth-order valence-corrected chi connectivity index (χ4v) is 1.01. The lowest BCUT2D eigenvalue weighted by molar-refractivity contribution is 0.157. The number of likely N-dealkylation sites (N-methyl/N-ethyl adjacent to an activating group) is 1. The zero-order valence-corrected chi connectivity index (χ0v) is 8.68. The van der Waals surface area contributed by atoms with Crippen LogP contribution in [0.1, 0.15) is 6.92 Å². The highest BCUT2D eigenvalue weighted by atomic mass is 35.5. The quantitative estimate of drug-likeness (QED) is 0.449. The second kappa shape index (κ2) is 9.04. The van der Waals surface area contributed by atoms with Crippen LogP contribution in [0.25, 0.3) is 0 Å². The number of methoxy groups -OCH3 is 1. The molecule has 0 atom stereocenters.